The van der Waals surface area contributed by atoms with Crippen LogP contribution in [0.3, 0.4) is 0 Å². The van der Waals surface area contributed by atoms with Gasteiger partial charge in [-0.25, -0.2) is 4.98 Å². The average molecular weight is 449 g/mol. The number of hydrogen-bond acceptors (Lipinski definition) is 6. The first-order valence-corrected chi connectivity index (χ1v) is 11.4. The van der Waals surface area contributed by atoms with Gasteiger partial charge in [-0.2, -0.15) is 0 Å². The summed E-state index contributed by atoms with van der Waals surface area (Å²) in [6.07, 6.45) is 9.72. The lowest BCUT2D eigenvalue weighted by Gasteiger charge is -2.22. The summed E-state index contributed by atoms with van der Waals surface area (Å²) in [6, 6.07) is 8.27. The molecule has 5 rings (SSSR count). The molecule has 0 bridgehead atoms. The Kier molecular flexibility index (Phi) is 6.01. The number of carbonyl (C=O) groups is 1. The highest BCUT2D eigenvalue weighted by atomic mass is 35.5. The average Bonchev–Trinajstić information content (AvgIpc) is 3.23. The zero-order valence-electron chi connectivity index (χ0n) is 17.7. The second-order valence-corrected chi connectivity index (χ2v) is 8.70. The lowest BCUT2D eigenvalue weighted by molar-refractivity contribution is -0.120. The van der Waals surface area contributed by atoms with E-state index in [9.17, 15) is 4.79 Å². The Morgan fingerprint density at radius 2 is 2.16 bits per heavy atom. The number of benzene rings is 1. The van der Waals surface area contributed by atoms with E-state index in [0.29, 0.717) is 23.9 Å². The van der Waals surface area contributed by atoms with E-state index in [2.05, 4.69) is 48.7 Å². The second kappa shape index (κ2) is 9.22. The minimum atomic E-state index is -0.0284. The molecule has 0 spiro atoms. The van der Waals surface area contributed by atoms with Crippen molar-refractivity contribution in [1.29, 1.82) is 0 Å². The number of aromatic nitrogens is 3. The van der Waals surface area contributed by atoms with Crippen LogP contribution in [0.15, 0.2) is 49.1 Å². The van der Waals surface area contributed by atoms with Crippen LogP contribution in [-0.4, -0.2) is 40.5 Å². The second-order valence-electron chi connectivity index (χ2n) is 8.29. The molecular formula is C24H25ClN6O. The van der Waals surface area contributed by atoms with E-state index >= 15 is 0 Å². The Hall–Kier alpha value is -3.03. The molecule has 7 nitrogen and oxygen atoms in total. The molecular weight excluding hydrogens is 424 g/mol. The molecule has 4 heterocycles. The number of anilines is 2. The minimum Gasteiger partial charge on any atom is -0.365 e. The molecule has 0 saturated carbocycles. The van der Waals surface area contributed by atoms with E-state index in [1.54, 1.807) is 24.8 Å². The van der Waals surface area contributed by atoms with E-state index in [1.807, 2.05) is 6.07 Å². The SMILES string of the molecule is O=C(Nc1cc(-c2ccc3c(c2)N(Cc2cnccn2)CC3)c(Cl)cn1)C1CCCNC1. The van der Waals surface area contributed by atoms with Gasteiger partial charge in [0.05, 0.1) is 29.4 Å². The summed E-state index contributed by atoms with van der Waals surface area (Å²) in [5.41, 5.74) is 5.28. The summed E-state index contributed by atoms with van der Waals surface area (Å²) in [5.74, 6) is 0.498. The number of rotatable bonds is 5. The van der Waals surface area contributed by atoms with Crippen LogP contribution in [0.2, 0.25) is 5.02 Å². The fourth-order valence-corrected chi connectivity index (χ4v) is 4.63. The first kappa shape index (κ1) is 20.8. The van der Waals surface area contributed by atoms with Crippen LogP contribution in [-0.2, 0) is 17.8 Å². The third kappa shape index (κ3) is 4.45. The molecule has 2 aliphatic heterocycles. The summed E-state index contributed by atoms with van der Waals surface area (Å²) in [6.45, 7) is 3.33. The van der Waals surface area contributed by atoms with Gasteiger partial charge in [0.15, 0.2) is 0 Å². The van der Waals surface area contributed by atoms with Crippen LogP contribution in [0.4, 0.5) is 11.5 Å². The molecule has 0 radical (unpaired) electrons. The van der Waals surface area contributed by atoms with Gasteiger partial charge < -0.3 is 15.5 Å². The van der Waals surface area contributed by atoms with Crippen LogP contribution >= 0.6 is 11.6 Å². The number of pyridine rings is 1. The predicted octanol–water partition coefficient (Wildman–Crippen LogP) is 3.69. The number of carbonyl (C=O) groups excluding carboxylic acids is 1. The van der Waals surface area contributed by atoms with E-state index in [0.717, 1.165) is 49.2 Å². The number of nitrogens with one attached hydrogen (secondary N) is 2. The van der Waals surface area contributed by atoms with Crippen LogP contribution in [0.1, 0.15) is 24.1 Å². The molecule has 1 amide bonds. The van der Waals surface area contributed by atoms with Crippen molar-refractivity contribution in [2.24, 2.45) is 5.92 Å². The Balaban J connectivity index is 1.38. The molecule has 0 aliphatic carbocycles. The molecule has 1 unspecified atom stereocenters. The summed E-state index contributed by atoms with van der Waals surface area (Å²) >= 11 is 6.52. The smallest absolute Gasteiger partial charge is 0.229 e. The minimum absolute atomic E-state index is 0.00192. The maximum Gasteiger partial charge on any atom is 0.229 e. The lowest BCUT2D eigenvalue weighted by atomic mass is 9.99. The highest BCUT2D eigenvalue weighted by Gasteiger charge is 2.23. The van der Waals surface area contributed by atoms with Gasteiger partial charge in [-0.3, -0.25) is 14.8 Å². The number of fused-ring (bicyclic) bond motifs is 1. The molecule has 1 aromatic carbocycles. The molecule has 1 saturated heterocycles. The fraction of sp³-hybridized carbons (Fsp3) is 0.333. The summed E-state index contributed by atoms with van der Waals surface area (Å²) in [7, 11) is 0. The van der Waals surface area contributed by atoms with Crippen molar-refractivity contribution in [3.63, 3.8) is 0 Å². The Morgan fingerprint density at radius 3 is 2.97 bits per heavy atom. The van der Waals surface area contributed by atoms with Crippen molar-refractivity contribution in [1.82, 2.24) is 20.3 Å². The van der Waals surface area contributed by atoms with Gasteiger partial charge in [-0.05, 0) is 49.1 Å². The zero-order chi connectivity index (χ0) is 21.9. The maximum absolute atomic E-state index is 12.6. The van der Waals surface area contributed by atoms with Crippen LogP contribution in [0.25, 0.3) is 11.1 Å². The first-order chi connectivity index (χ1) is 15.7. The van der Waals surface area contributed by atoms with Gasteiger partial charge in [-0.1, -0.05) is 23.7 Å². The summed E-state index contributed by atoms with van der Waals surface area (Å²) in [5, 5.41) is 6.80. The molecule has 2 N–H and O–H groups in total. The largest absolute Gasteiger partial charge is 0.365 e. The predicted molar refractivity (Wildman–Crippen MR) is 126 cm³/mol. The third-order valence-electron chi connectivity index (χ3n) is 6.13. The number of hydrogen-bond donors (Lipinski definition) is 2. The Bertz CT molecular complexity index is 1120. The Morgan fingerprint density at radius 1 is 1.22 bits per heavy atom. The monoisotopic (exact) mass is 448 g/mol. The molecule has 164 valence electrons. The number of halogens is 1. The quantitative estimate of drug-likeness (QED) is 0.619. The highest BCUT2D eigenvalue weighted by molar-refractivity contribution is 6.33. The topological polar surface area (TPSA) is 83.0 Å². The van der Waals surface area contributed by atoms with Crippen molar-refractivity contribution in [2.75, 3.05) is 29.9 Å². The van der Waals surface area contributed by atoms with Gasteiger partial charge in [0.1, 0.15) is 5.82 Å². The maximum atomic E-state index is 12.6. The van der Waals surface area contributed by atoms with Crippen molar-refractivity contribution in [3.05, 3.63) is 65.3 Å². The molecule has 3 aromatic rings. The van der Waals surface area contributed by atoms with Gasteiger partial charge in [0.2, 0.25) is 5.91 Å². The molecule has 2 aliphatic rings. The first-order valence-electron chi connectivity index (χ1n) is 11.0. The van der Waals surface area contributed by atoms with E-state index in [-0.39, 0.29) is 11.8 Å². The molecule has 8 heteroatoms. The lowest BCUT2D eigenvalue weighted by Crippen LogP contribution is -2.37. The van der Waals surface area contributed by atoms with Crippen molar-refractivity contribution < 1.29 is 4.79 Å². The molecule has 2 aromatic heterocycles. The third-order valence-corrected chi connectivity index (χ3v) is 6.43. The molecule has 32 heavy (non-hydrogen) atoms. The zero-order valence-corrected chi connectivity index (χ0v) is 18.5. The van der Waals surface area contributed by atoms with Gasteiger partial charge in [0, 0.05) is 42.9 Å². The van der Waals surface area contributed by atoms with Crippen molar-refractivity contribution in [3.8, 4) is 11.1 Å². The van der Waals surface area contributed by atoms with Crippen molar-refractivity contribution in [2.45, 2.75) is 25.8 Å². The standard InChI is InChI=1S/C24H25ClN6O/c25-21-14-29-23(30-24(32)18-2-1-6-26-12-18)11-20(21)17-4-3-16-5-9-31(22(16)10-17)15-19-13-27-7-8-28-19/h3-4,7-8,10-11,13-14,18,26H,1-2,5-6,9,12,15H2,(H,29,30,32). The van der Waals surface area contributed by atoms with Crippen LogP contribution in [0.5, 0.6) is 0 Å². The van der Waals surface area contributed by atoms with Crippen molar-refractivity contribution >= 4 is 29.0 Å². The van der Waals surface area contributed by atoms with E-state index in [1.165, 1.54) is 11.3 Å². The summed E-state index contributed by atoms with van der Waals surface area (Å²) < 4.78 is 0. The van der Waals surface area contributed by atoms with Gasteiger partial charge in [0.25, 0.3) is 0 Å². The fourth-order valence-electron chi connectivity index (χ4n) is 4.42. The highest BCUT2D eigenvalue weighted by Crippen LogP contribution is 2.36. The van der Waals surface area contributed by atoms with E-state index in [4.69, 9.17) is 11.6 Å². The number of amides is 1. The van der Waals surface area contributed by atoms with Gasteiger partial charge in [-0.15, -0.1) is 0 Å². The Labute approximate surface area is 192 Å². The van der Waals surface area contributed by atoms with E-state index < -0.39 is 0 Å². The normalized spacial score (nSPS) is 17.8. The molecule has 1 fully saturated rings. The summed E-state index contributed by atoms with van der Waals surface area (Å²) in [4.78, 5) is 27.9. The van der Waals surface area contributed by atoms with Crippen LogP contribution in [0, 0.1) is 5.92 Å². The molecule has 1 atom stereocenters. The van der Waals surface area contributed by atoms with Gasteiger partial charge >= 0.3 is 0 Å². The number of nitrogens with zero attached hydrogens (tertiary/aromatic N) is 4. The van der Waals surface area contributed by atoms with Crippen LogP contribution < -0.4 is 15.5 Å². The number of piperidine rings is 1.